The number of likely N-dealkylation sites (tertiary alicyclic amines) is 1. The number of nitrogens with zero attached hydrogens (tertiary/aromatic N) is 1. The number of hydrogen-bond acceptors (Lipinski definition) is 2. The van der Waals surface area contributed by atoms with E-state index in [0.717, 1.165) is 24.0 Å². The first-order chi connectivity index (χ1) is 12.4. The highest BCUT2D eigenvalue weighted by Crippen LogP contribution is 2.50. The molecule has 2 aromatic carbocycles. The van der Waals surface area contributed by atoms with Crippen LogP contribution in [-0.2, 0) is 15.8 Å². The van der Waals surface area contributed by atoms with E-state index < -0.39 is 5.60 Å². The van der Waals surface area contributed by atoms with Gasteiger partial charge in [-0.1, -0.05) is 59.6 Å². The van der Waals surface area contributed by atoms with Crippen molar-refractivity contribution < 1.29 is 9.90 Å². The second kappa shape index (κ2) is 6.40. The Morgan fingerprint density at radius 1 is 1.04 bits per heavy atom. The third-order valence-electron chi connectivity index (χ3n) is 5.98. The van der Waals surface area contributed by atoms with Gasteiger partial charge in [0.25, 0.3) is 0 Å². The molecule has 1 heterocycles. The maximum atomic E-state index is 13.2. The van der Waals surface area contributed by atoms with Crippen molar-refractivity contribution in [3.63, 3.8) is 0 Å². The molecule has 0 spiro atoms. The summed E-state index contributed by atoms with van der Waals surface area (Å²) in [5.74, 6) is 0.212. The molecule has 4 rings (SSSR count). The van der Waals surface area contributed by atoms with E-state index in [-0.39, 0.29) is 11.3 Å². The molecule has 1 saturated carbocycles. The first-order valence-corrected chi connectivity index (χ1v) is 9.66. The lowest BCUT2D eigenvalue weighted by Gasteiger charge is -2.40. The van der Waals surface area contributed by atoms with E-state index in [4.69, 9.17) is 11.6 Å². The Labute approximate surface area is 159 Å². The van der Waals surface area contributed by atoms with Crippen LogP contribution in [0, 0.1) is 6.92 Å². The predicted molar refractivity (Wildman–Crippen MR) is 103 cm³/mol. The molecule has 1 N–H and O–H groups in total. The van der Waals surface area contributed by atoms with Crippen LogP contribution in [0.4, 0.5) is 0 Å². The van der Waals surface area contributed by atoms with Gasteiger partial charge >= 0.3 is 0 Å². The van der Waals surface area contributed by atoms with Crippen LogP contribution in [0.2, 0.25) is 5.02 Å². The van der Waals surface area contributed by atoms with Gasteiger partial charge in [0, 0.05) is 23.7 Å². The second-order valence-electron chi connectivity index (χ2n) is 7.76. The summed E-state index contributed by atoms with van der Waals surface area (Å²) in [7, 11) is 0. The van der Waals surface area contributed by atoms with Crippen molar-refractivity contribution in [2.45, 2.75) is 43.6 Å². The van der Waals surface area contributed by atoms with E-state index in [0.29, 0.717) is 31.0 Å². The summed E-state index contributed by atoms with van der Waals surface area (Å²) in [4.78, 5) is 15.2. The number of rotatable bonds is 3. The van der Waals surface area contributed by atoms with Crippen LogP contribution >= 0.6 is 11.6 Å². The quantitative estimate of drug-likeness (QED) is 0.881. The van der Waals surface area contributed by atoms with Gasteiger partial charge in [0.05, 0.1) is 11.0 Å². The molecule has 1 amide bonds. The SMILES string of the molecule is Cc1cccc(C2(C(=O)N3CCC(O)(c4ccccc4Cl)CC3)CC2)c1. The lowest BCUT2D eigenvalue weighted by atomic mass is 9.83. The fraction of sp³-hybridized carbons (Fsp3) is 0.409. The van der Waals surface area contributed by atoms with E-state index in [1.165, 1.54) is 5.56 Å². The van der Waals surface area contributed by atoms with Gasteiger partial charge in [-0.15, -0.1) is 0 Å². The van der Waals surface area contributed by atoms with Crippen molar-refractivity contribution in [1.29, 1.82) is 0 Å². The fourth-order valence-corrected chi connectivity index (χ4v) is 4.50. The Hall–Kier alpha value is -1.84. The standard InChI is InChI=1S/C22H24ClNO2/c1-16-5-4-6-17(15-16)21(9-10-21)20(25)24-13-11-22(26,12-14-24)18-7-2-3-8-19(18)23/h2-8,15,26H,9-14H2,1H3. The number of halogens is 1. The molecule has 2 aromatic rings. The lowest BCUT2D eigenvalue weighted by Crippen LogP contribution is -2.48. The van der Waals surface area contributed by atoms with Crippen molar-refractivity contribution >= 4 is 17.5 Å². The van der Waals surface area contributed by atoms with Gasteiger partial charge < -0.3 is 10.0 Å². The summed E-state index contributed by atoms with van der Waals surface area (Å²) < 4.78 is 0. The molecule has 0 unspecified atom stereocenters. The summed E-state index contributed by atoms with van der Waals surface area (Å²) in [6.45, 7) is 3.19. The Balaban J connectivity index is 1.50. The van der Waals surface area contributed by atoms with Gasteiger partial charge in [-0.3, -0.25) is 4.79 Å². The molecular weight excluding hydrogens is 346 g/mol. The average Bonchev–Trinajstić information content (AvgIpc) is 3.44. The summed E-state index contributed by atoms with van der Waals surface area (Å²) in [6, 6.07) is 15.8. The van der Waals surface area contributed by atoms with Gasteiger partial charge in [-0.25, -0.2) is 0 Å². The zero-order valence-electron chi connectivity index (χ0n) is 15.0. The highest BCUT2D eigenvalue weighted by Gasteiger charge is 2.53. The van der Waals surface area contributed by atoms with Crippen molar-refractivity contribution in [3.05, 3.63) is 70.2 Å². The van der Waals surface area contributed by atoms with Crippen molar-refractivity contribution in [3.8, 4) is 0 Å². The third kappa shape index (κ3) is 2.93. The zero-order chi connectivity index (χ0) is 18.4. The van der Waals surface area contributed by atoms with Crippen LogP contribution in [0.3, 0.4) is 0 Å². The third-order valence-corrected chi connectivity index (χ3v) is 6.31. The molecule has 26 heavy (non-hydrogen) atoms. The molecule has 0 radical (unpaired) electrons. The number of carbonyl (C=O) groups is 1. The van der Waals surface area contributed by atoms with Gasteiger partial charge in [-0.05, 0) is 44.2 Å². The molecule has 0 atom stereocenters. The molecule has 3 nitrogen and oxygen atoms in total. The Bertz CT molecular complexity index is 836. The minimum absolute atomic E-state index is 0.212. The maximum absolute atomic E-state index is 13.2. The second-order valence-corrected chi connectivity index (χ2v) is 8.16. The van der Waals surface area contributed by atoms with E-state index in [9.17, 15) is 9.90 Å². The number of aliphatic hydroxyl groups is 1. The van der Waals surface area contributed by atoms with E-state index >= 15 is 0 Å². The minimum atomic E-state index is -0.949. The molecule has 2 aliphatic rings. The first-order valence-electron chi connectivity index (χ1n) is 9.29. The van der Waals surface area contributed by atoms with E-state index in [1.807, 2.05) is 35.2 Å². The summed E-state index contributed by atoms with van der Waals surface area (Å²) >= 11 is 6.28. The Morgan fingerprint density at radius 2 is 1.73 bits per heavy atom. The number of hydrogen-bond donors (Lipinski definition) is 1. The normalized spacial score (nSPS) is 20.7. The smallest absolute Gasteiger partial charge is 0.233 e. The van der Waals surface area contributed by atoms with E-state index in [1.54, 1.807) is 0 Å². The van der Waals surface area contributed by atoms with Crippen molar-refractivity contribution in [2.24, 2.45) is 0 Å². The molecule has 2 fully saturated rings. The average molecular weight is 370 g/mol. The first kappa shape index (κ1) is 17.6. The van der Waals surface area contributed by atoms with Crippen LogP contribution < -0.4 is 0 Å². The molecule has 0 bridgehead atoms. The predicted octanol–water partition coefficient (Wildman–Crippen LogP) is 4.19. The largest absolute Gasteiger partial charge is 0.385 e. The number of carbonyl (C=O) groups excluding carboxylic acids is 1. The number of amides is 1. The van der Waals surface area contributed by atoms with Crippen LogP contribution in [0.1, 0.15) is 42.4 Å². The summed E-state index contributed by atoms with van der Waals surface area (Å²) in [5.41, 5.74) is 1.80. The lowest BCUT2D eigenvalue weighted by molar-refractivity contribution is -0.138. The molecule has 1 saturated heterocycles. The van der Waals surface area contributed by atoms with Gasteiger partial charge in [0.15, 0.2) is 0 Å². The number of benzene rings is 2. The van der Waals surface area contributed by atoms with Crippen LogP contribution in [0.15, 0.2) is 48.5 Å². The van der Waals surface area contributed by atoms with Crippen molar-refractivity contribution in [1.82, 2.24) is 4.90 Å². The maximum Gasteiger partial charge on any atom is 0.233 e. The van der Waals surface area contributed by atoms with Crippen molar-refractivity contribution in [2.75, 3.05) is 13.1 Å². The van der Waals surface area contributed by atoms with E-state index in [2.05, 4.69) is 25.1 Å². The monoisotopic (exact) mass is 369 g/mol. The molecule has 0 aromatic heterocycles. The van der Waals surface area contributed by atoms with Crippen LogP contribution in [0.5, 0.6) is 0 Å². The Kier molecular flexibility index (Phi) is 4.32. The summed E-state index contributed by atoms with van der Waals surface area (Å²) in [6.07, 6.45) is 2.87. The van der Waals surface area contributed by atoms with Gasteiger partial charge in [0.2, 0.25) is 5.91 Å². The topological polar surface area (TPSA) is 40.5 Å². The molecule has 136 valence electrons. The summed E-state index contributed by atoms with van der Waals surface area (Å²) in [5, 5.41) is 11.7. The molecule has 1 aliphatic heterocycles. The molecular formula is C22H24ClNO2. The van der Waals surface area contributed by atoms with Crippen LogP contribution in [0.25, 0.3) is 0 Å². The fourth-order valence-electron chi connectivity index (χ4n) is 4.18. The Morgan fingerprint density at radius 3 is 2.35 bits per heavy atom. The molecule has 1 aliphatic carbocycles. The highest BCUT2D eigenvalue weighted by atomic mass is 35.5. The number of piperidine rings is 1. The minimum Gasteiger partial charge on any atom is -0.385 e. The number of aryl methyl sites for hydroxylation is 1. The zero-order valence-corrected chi connectivity index (χ0v) is 15.8. The molecule has 4 heteroatoms. The van der Waals surface area contributed by atoms with Gasteiger partial charge in [0.1, 0.15) is 0 Å². The van der Waals surface area contributed by atoms with Crippen LogP contribution in [-0.4, -0.2) is 29.0 Å². The highest BCUT2D eigenvalue weighted by molar-refractivity contribution is 6.31. The van der Waals surface area contributed by atoms with Gasteiger partial charge in [-0.2, -0.15) is 0 Å².